The summed E-state index contributed by atoms with van der Waals surface area (Å²) in [4.78, 5) is 14.8. The molecule has 2 aromatic carbocycles. The molecule has 0 bridgehead atoms. The first-order valence-electron chi connectivity index (χ1n) is 10.0. The molecule has 148 valence electrons. The first kappa shape index (κ1) is 20.3. The number of nitrogens with zero attached hydrogens (tertiary/aromatic N) is 1. The predicted octanol–water partition coefficient (Wildman–Crippen LogP) is 5.01. The lowest BCUT2D eigenvalue weighted by Crippen LogP contribution is -2.49. The number of anilines is 1. The monoisotopic (exact) mass is 396 g/mol. The van der Waals surface area contributed by atoms with Gasteiger partial charge in [-0.15, -0.1) is 0 Å². The van der Waals surface area contributed by atoms with E-state index in [0.717, 1.165) is 31.4 Å². The predicted molar refractivity (Wildman–Crippen MR) is 117 cm³/mol. The van der Waals surface area contributed by atoms with E-state index in [1.54, 1.807) is 0 Å². The molecule has 3 rings (SSSR count). The molecule has 0 saturated heterocycles. The Bertz CT molecular complexity index is 767. The molecule has 1 fully saturated rings. The fourth-order valence-corrected chi connectivity index (χ4v) is 4.16. The van der Waals surface area contributed by atoms with Crippen molar-refractivity contribution in [2.45, 2.75) is 45.2 Å². The lowest BCUT2D eigenvalue weighted by Gasteiger charge is -2.40. The Morgan fingerprint density at radius 3 is 2.39 bits per heavy atom. The number of carbonyl (C=O) groups excluding carboxylic acids is 1. The van der Waals surface area contributed by atoms with E-state index >= 15 is 0 Å². The third-order valence-corrected chi connectivity index (χ3v) is 5.54. The van der Waals surface area contributed by atoms with Gasteiger partial charge in [-0.25, -0.2) is 0 Å². The van der Waals surface area contributed by atoms with E-state index in [1.807, 2.05) is 55.5 Å². The highest BCUT2D eigenvalue weighted by molar-refractivity contribution is 7.80. The number of esters is 1. The third-order valence-electron chi connectivity index (χ3n) is 5.20. The summed E-state index contributed by atoms with van der Waals surface area (Å²) in [7, 11) is 0. The van der Waals surface area contributed by atoms with Gasteiger partial charge in [0.1, 0.15) is 0 Å². The highest BCUT2D eigenvalue weighted by atomic mass is 32.1. The average Bonchev–Trinajstić information content (AvgIpc) is 2.73. The highest BCUT2D eigenvalue weighted by Gasteiger charge is 2.37. The van der Waals surface area contributed by atoms with E-state index < -0.39 is 0 Å². The first-order valence-corrected chi connectivity index (χ1v) is 10.4. The van der Waals surface area contributed by atoms with Crippen LogP contribution in [0.25, 0.3) is 0 Å². The molecule has 5 heteroatoms. The molecule has 0 amide bonds. The lowest BCUT2D eigenvalue weighted by atomic mass is 9.83. The van der Waals surface area contributed by atoms with Crippen LogP contribution in [-0.2, 0) is 16.1 Å². The molecule has 1 aliphatic carbocycles. The summed E-state index contributed by atoms with van der Waals surface area (Å²) in [5.74, 6) is -0.249. The Labute approximate surface area is 172 Å². The summed E-state index contributed by atoms with van der Waals surface area (Å²) in [6.07, 6.45) is 3.94. The number of thiocarbonyl (C=S) groups is 1. The average molecular weight is 397 g/mol. The molecule has 0 unspecified atom stereocenters. The fourth-order valence-electron chi connectivity index (χ4n) is 3.85. The molecule has 0 aliphatic heterocycles. The van der Waals surface area contributed by atoms with E-state index in [0.29, 0.717) is 18.3 Å². The summed E-state index contributed by atoms with van der Waals surface area (Å²) in [6, 6.07) is 20.2. The number of rotatable bonds is 6. The summed E-state index contributed by atoms with van der Waals surface area (Å²) in [6.45, 7) is 2.94. The second kappa shape index (κ2) is 10.2. The van der Waals surface area contributed by atoms with E-state index in [2.05, 4.69) is 22.3 Å². The molecule has 0 heterocycles. The van der Waals surface area contributed by atoms with Crippen molar-refractivity contribution in [3.8, 4) is 0 Å². The van der Waals surface area contributed by atoms with Crippen LogP contribution in [0, 0.1) is 5.92 Å². The van der Waals surface area contributed by atoms with E-state index in [1.165, 1.54) is 5.56 Å². The fraction of sp³-hybridized carbons (Fsp3) is 0.391. The smallest absolute Gasteiger partial charge is 0.311 e. The number of para-hydroxylation sites is 1. The maximum absolute atomic E-state index is 12.6. The van der Waals surface area contributed by atoms with Crippen LogP contribution >= 0.6 is 12.2 Å². The largest absolute Gasteiger partial charge is 0.466 e. The highest BCUT2D eigenvalue weighted by Crippen LogP contribution is 2.31. The quantitative estimate of drug-likeness (QED) is 0.549. The van der Waals surface area contributed by atoms with Gasteiger partial charge in [0.15, 0.2) is 5.11 Å². The number of carbonyl (C=O) groups is 1. The van der Waals surface area contributed by atoms with Gasteiger partial charge in [0.2, 0.25) is 0 Å². The molecule has 1 saturated carbocycles. The van der Waals surface area contributed by atoms with Crippen LogP contribution in [0.5, 0.6) is 0 Å². The van der Waals surface area contributed by atoms with Crippen LogP contribution in [0.3, 0.4) is 0 Å². The van der Waals surface area contributed by atoms with Crippen LogP contribution in [0.2, 0.25) is 0 Å². The third kappa shape index (κ3) is 5.32. The van der Waals surface area contributed by atoms with Gasteiger partial charge in [0.05, 0.1) is 12.5 Å². The topological polar surface area (TPSA) is 41.6 Å². The summed E-state index contributed by atoms with van der Waals surface area (Å²) < 4.78 is 5.38. The van der Waals surface area contributed by atoms with Crippen molar-refractivity contribution >= 4 is 29.0 Å². The molecular formula is C23H28N2O2S. The van der Waals surface area contributed by atoms with Crippen molar-refractivity contribution in [2.75, 3.05) is 11.9 Å². The zero-order chi connectivity index (χ0) is 19.8. The number of nitrogens with one attached hydrogen (secondary N) is 1. The van der Waals surface area contributed by atoms with Crippen molar-refractivity contribution in [3.63, 3.8) is 0 Å². The van der Waals surface area contributed by atoms with Gasteiger partial charge < -0.3 is 15.0 Å². The van der Waals surface area contributed by atoms with Crippen LogP contribution in [0.4, 0.5) is 5.69 Å². The lowest BCUT2D eigenvalue weighted by molar-refractivity contribution is -0.151. The maximum Gasteiger partial charge on any atom is 0.311 e. The van der Waals surface area contributed by atoms with Crippen molar-refractivity contribution in [2.24, 2.45) is 5.92 Å². The van der Waals surface area contributed by atoms with Gasteiger partial charge in [-0.05, 0) is 49.7 Å². The Balaban J connectivity index is 1.85. The van der Waals surface area contributed by atoms with Crippen molar-refractivity contribution < 1.29 is 9.53 Å². The Morgan fingerprint density at radius 2 is 1.71 bits per heavy atom. The molecule has 28 heavy (non-hydrogen) atoms. The Kier molecular flexibility index (Phi) is 7.43. The zero-order valence-electron chi connectivity index (χ0n) is 16.3. The minimum absolute atomic E-state index is 0.0386. The SMILES string of the molecule is CCOC(=O)[C@H]1CCCC[C@H]1N(Cc1ccccc1)C(=S)Nc1ccccc1. The van der Waals surface area contributed by atoms with Gasteiger partial charge >= 0.3 is 5.97 Å². The second-order valence-corrected chi connectivity index (χ2v) is 7.51. The Hall–Kier alpha value is -2.40. The standard InChI is InChI=1S/C23H28N2O2S/c1-2-27-22(26)20-15-9-10-16-21(20)25(17-18-11-5-3-6-12-18)23(28)24-19-13-7-4-8-14-19/h3-8,11-14,20-21H,2,9-10,15-17H2,1H3,(H,24,28)/t20-,21+/m0/s1. The van der Waals surface area contributed by atoms with Crippen molar-refractivity contribution in [3.05, 3.63) is 66.2 Å². The molecule has 4 nitrogen and oxygen atoms in total. The van der Waals surface area contributed by atoms with E-state index in [9.17, 15) is 4.79 Å². The Morgan fingerprint density at radius 1 is 1.07 bits per heavy atom. The van der Waals surface area contributed by atoms with Crippen molar-refractivity contribution in [1.82, 2.24) is 4.90 Å². The summed E-state index contributed by atoms with van der Waals surface area (Å²) in [5, 5.41) is 4.01. The molecule has 0 radical (unpaired) electrons. The maximum atomic E-state index is 12.6. The molecular weight excluding hydrogens is 368 g/mol. The summed E-state index contributed by atoms with van der Waals surface area (Å²) >= 11 is 5.80. The number of ether oxygens (including phenoxy) is 1. The molecule has 1 aliphatic rings. The summed E-state index contributed by atoms with van der Waals surface area (Å²) in [5.41, 5.74) is 2.13. The van der Waals surface area contributed by atoms with Crippen LogP contribution in [-0.4, -0.2) is 28.6 Å². The van der Waals surface area contributed by atoms with Gasteiger partial charge in [0.25, 0.3) is 0 Å². The zero-order valence-corrected chi connectivity index (χ0v) is 17.2. The number of benzene rings is 2. The van der Waals surface area contributed by atoms with Crippen LogP contribution in [0.1, 0.15) is 38.2 Å². The molecule has 2 aromatic rings. The number of hydrogen-bond acceptors (Lipinski definition) is 3. The van der Waals surface area contributed by atoms with Crippen molar-refractivity contribution in [1.29, 1.82) is 0 Å². The minimum Gasteiger partial charge on any atom is -0.466 e. The van der Waals surface area contributed by atoms with E-state index in [-0.39, 0.29) is 17.9 Å². The molecule has 2 atom stereocenters. The normalized spacial score (nSPS) is 18.9. The van der Waals surface area contributed by atoms with Gasteiger partial charge in [0, 0.05) is 18.3 Å². The molecule has 1 N–H and O–H groups in total. The van der Waals surface area contributed by atoms with Crippen LogP contribution in [0.15, 0.2) is 60.7 Å². The van der Waals surface area contributed by atoms with Crippen LogP contribution < -0.4 is 5.32 Å². The van der Waals surface area contributed by atoms with Gasteiger partial charge in [-0.2, -0.15) is 0 Å². The molecule has 0 aromatic heterocycles. The van der Waals surface area contributed by atoms with E-state index in [4.69, 9.17) is 17.0 Å². The molecule has 0 spiro atoms. The number of hydrogen-bond donors (Lipinski definition) is 1. The second-order valence-electron chi connectivity index (χ2n) is 7.12. The van der Waals surface area contributed by atoms with Gasteiger partial charge in [-0.3, -0.25) is 4.79 Å². The first-order chi connectivity index (χ1) is 13.7. The minimum atomic E-state index is -0.145. The van der Waals surface area contributed by atoms with Gasteiger partial charge in [-0.1, -0.05) is 61.4 Å².